The van der Waals surface area contributed by atoms with Gasteiger partial charge in [0, 0.05) is 5.56 Å². The van der Waals surface area contributed by atoms with E-state index in [4.69, 9.17) is 9.84 Å². The van der Waals surface area contributed by atoms with Gasteiger partial charge < -0.3 is 19.7 Å². The van der Waals surface area contributed by atoms with Crippen molar-refractivity contribution < 1.29 is 24.5 Å². The Morgan fingerprint density at radius 3 is 3.00 bits per heavy atom. The summed E-state index contributed by atoms with van der Waals surface area (Å²) in [5.41, 5.74) is 2.46. The van der Waals surface area contributed by atoms with Crippen LogP contribution in [0.25, 0.3) is 0 Å². The summed E-state index contributed by atoms with van der Waals surface area (Å²) in [4.78, 5) is 11.0. The zero-order valence-corrected chi connectivity index (χ0v) is 9.79. The average molecular weight is 254 g/mol. The van der Waals surface area contributed by atoms with Gasteiger partial charge in [-0.2, -0.15) is 5.10 Å². The predicted octanol–water partition coefficient (Wildman–Crippen LogP) is 0.453. The quantitative estimate of drug-likeness (QED) is 0.523. The minimum absolute atomic E-state index is 0.0747. The first-order valence-corrected chi connectivity index (χ1v) is 5.11. The number of aromatic hydroxyl groups is 1. The Labute approximate surface area is 104 Å². The molecule has 7 heteroatoms. The van der Waals surface area contributed by atoms with Gasteiger partial charge in [0.25, 0.3) is 0 Å². The Balaban J connectivity index is 2.59. The van der Waals surface area contributed by atoms with Crippen molar-refractivity contribution in [1.29, 1.82) is 0 Å². The van der Waals surface area contributed by atoms with E-state index < -0.39 is 6.09 Å². The lowest BCUT2D eigenvalue weighted by atomic mass is 10.2. The van der Waals surface area contributed by atoms with Gasteiger partial charge >= 0.3 is 6.09 Å². The van der Waals surface area contributed by atoms with E-state index >= 15 is 0 Å². The predicted molar refractivity (Wildman–Crippen MR) is 63.8 cm³/mol. The lowest BCUT2D eigenvalue weighted by Crippen LogP contribution is -2.20. The van der Waals surface area contributed by atoms with Crippen LogP contribution in [0, 0.1) is 0 Å². The molecule has 18 heavy (non-hydrogen) atoms. The third kappa shape index (κ3) is 3.95. The van der Waals surface area contributed by atoms with Crippen molar-refractivity contribution in [2.45, 2.75) is 0 Å². The number of ether oxygens (including phenoxy) is 2. The maximum absolute atomic E-state index is 11.0. The summed E-state index contributed by atoms with van der Waals surface area (Å²) in [7, 11) is 1.43. The van der Waals surface area contributed by atoms with Gasteiger partial charge in [-0.1, -0.05) is 6.07 Å². The van der Waals surface area contributed by atoms with E-state index in [-0.39, 0.29) is 19.0 Å². The van der Waals surface area contributed by atoms with E-state index in [1.807, 2.05) is 0 Å². The third-order valence-electron chi connectivity index (χ3n) is 1.93. The van der Waals surface area contributed by atoms with E-state index in [9.17, 15) is 9.90 Å². The molecular formula is C11H14N2O5. The van der Waals surface area contributed by atoms with Crippen molar-refractivity contribution in [3.05, 3.63) is 23.8 Å². The van der Waals surface area contributed by atoms with Crippen molar-refractivity contribution >= 4 is 12.3 Å². The Morgan fingerprint density at radius 1 is 1.56 bits per heavy atom. The fourth-order valence-electron chi connectivity index (χ4n) is 1.13. The fourth-order valence-corrected chi connectivity index (χ4v) is 1.13. The van der Waals surface area contributed by atoms with E-state index in [0.29, 0.717) is 11.3 Å². The van der Waals surface area contributed by atoms with Crippen LogP contribution in [0.2, 0.25) is 0 Å². The van der Waals surface area contributed by atoms with E-state index in [1.165, 1.54) is 13.3 Å². The van der Waals surface area contributed by atoms with Crippen LogP contribution in [0.4, 0.5) is 4.79 Å². The molecule has 1 aromatic carbocycles. The molecule has 0 spiro atoms. The van der Waals surface area contributed by atoms with Gasteiger partial charge in [-0.3, -0.25) is 0 Å². The normalized spacial score (nSPS) is 10.3. The zero-order valence-electron chi connectivity index (χ0n) is 9.79. The van der Waals surface area contributed by atoms with E-state index in [1.54, 1.807) is 18.2 Å². The molecule has 0 radical (unpaired) electrons. The molecule has 0 saturated carbocycles. The number of methoxy groups -OCH3 is 1. The summed E-state index contributed by atoms with van der Waals surface area (Å²) in [5, 5.41) is 21.7. The first kappa shape index (κ1) is 13.8. The number of nitrogens with zero attached hydrogens (tertiary/aromatic N) is 1. The number of hydrogen-bond acceptors (Lipinski definition) is 6. The zero-order chi connectivity index (χ0) is 13.4. The van der Waals surface area contributed by atoms with Crippen molar-refractivity contribution in [3.8, 4) is 11.5 Å². The molecule has 0 aliphatic carbocycles. The molecule has 7 nitrogen and oxygen atoms in total. The van der Waals surface area contributed by atoms with Crippen molar-refractivity contribution in [2.75, 3.05) is 20.3 Å². The summed E-state index contributed by atoms with van der Waals surface area (Å²) in [6.07, 6.45) is 0.459. The maximum Gasteiger partial charge on any atom is 0.427 e. The lowest BCUT2D eigenvalue weighted by molar-refractivity contribution is 0.119. The van der Waals surface area contributed by atoms with Crippen LogP contribution in [0.5, 0.6) is 11.5 Å². The first-order valence-electron chi connectivity index (χ1n) is 5.11. The highest BCUT2D eigenvalue weighted by Crippen LogP contribution is 2.27. The molecule has 0 saturated heterocycles. The van der Waals surface area contributed by atoms with Gasteiger partial charge in [-0.05, 0) is 12.1 Å². The Morgan fingerprint density at radius 2 is 2.33 bits per heavy atom. The van der Waals surface area contributed by atoms with E-state index in [0.717, 1.165) is 0 Å². The van der Waals surface area contributed by atoms with Gasteiger partial charge in [-0.15, -0.1) is 0 Å². The monoisotopic (exact) mass is 254 g/mol. The second kappa shape index (κ2) is 7.13. The SMILES string of the molecule is COc1cccc(/C=N\NC(=O)OCCO)c1O. The lowest BCUT2D eigenvalue weighted by Gasteiger charge is -2.05. The molecule has 0 unspecified atom stereocenters. The molecule has 0 fully saturated rings. The minimum atomic E-state index is -0.789. The van der Waals surface area contributed by atoms with Gasteiger partial charge in [0.2, 0.25) is 0 Å². The molecule has 0 heterocycles. The Hall–Kier alpha value is -2.28. The summed E-state index contributed by atoms with van der Waals surface area (Å²) in [6, 6.07) is 4.86. The number of aliphatic hydroxyl groups is 1. The van der Waals surface area contributed by atoms with Gasteiger partial charge in [0.15, 0.2) is 11.5 Å². The molecule has 3 N–H and O–H groups in total. The number of amides is 1. The first-order chi connectivity index (χ1) is 8.69. The Kier molecular flexibility index (Phi) is 5.46. The van der Waals surface area contributed by atoms with Crippen molar-refractivity contribution in [2.24, 2.45) is 5.10 Å². The van der Waals surface area contributed by atoms with Crippen LogP contribution >= 0.6 is 0 Å². The number of benzene rings is 1. The number of aliphatic hydroxyl groups excluding tert-OH is 1. The number of hydrogen-bond donors (Lipinski definition) is 3. The summed E-state index contributed by atoms with van der Waals surface area (Å²) in [5.74, 6) is 0.232. The number of phenols is 1. The largest absolute Gasteiger partial charge is 0.504 e. The second-order valence-corrected chi connectivity index (χ2v) is 3.13. The van der Waals surface area contributed by atoms with E-state index in [2.05, 4.69) is 15.3 Å². The van der Waals surface area contributed by atoms with Crippen LogP contribution < -0.4 is 10.2 Å². The van der Waals surface area contributed by atoms with Gasteiger partial charge in [0.1, 0.15) is 6.61 Å². The smallest absolute Gasteiger partial charge is 0.427 e. The highest BCUT2D eigenvalue weighted by Gasteiger charge is 2.05. The van der Waals surface area contributed by atoms with Crippen LogP contribution in [-0.4, -0.2) is 42.8 Å². The van der Waals surface area contributed by atoms with Gasteiger partial charge in [0.05, 0.1) is 19.9 Å². The number of para-hydroxylation sites is 1. The third-order valence-corrected chi connectivity index (χ3v) is 1.93. The summed E-state index contributed by atoms with van der Waals surface area (Å²) in [6.45, 7) is -0.362. The van der Waals surface area contributed by atoms with Gasteiger partial charge in [-0.25, -0.2) is 10.2 Å². The number of hydrazone groups is 1. The molecule has 0 aromatic heterocycles. The molecule has 0 aliphatic rings. The van der Waals surface area contributed by atoms with Crippen LogP contribution in [0.15, 0.2) is 23.3 Å². The topological polar surface area (TPSA) is 100 Å². The number of carbonyl (C=O) groups is 1. The Bertz CT molecular complexity index is 433. The van der Waals surface area contributed by atoms with Crippen LogP contribution in [-0.2, 0) is 4.74 Å². The molecule has 0 atom stereocenters. The van der Waals surface area contributed by atoms with Crippen molar-refractivity contribution in [3.63, 3.8) is 0 Å². The molecule has 98 valence electrons. The van der Waals surface area contributed by atoms with Crippen molar-refractivity contribution in [1.82, 2.24) is 5.43 Å². The maximum atomic E-state index is 11.0. The highest BCUT2D eigenvalue weighted by molar-refractivity contribution is 5.85. The fraction of sp³-hybridized carbons (Fsp3) is 0.273. The summed E-state index contributed by atoms with van der Waals surface area (Å²) < 4.78 is 9.42. The standard InChI is InChI=1S/C11H14N2O5/c1-17-9-4-2-3-8(10(9)15)7-12-13-11(16)18-6-5-14/h2-4,7,14-15H,5-6H2,1H3,(H,13,16)/b12-7-. The highest BCUT2D eigenvalue weighted by atomic mass is 16.6. The molecule has 0 bridgehead atoms. The second-order valence-electron chi connectivity index (χ2n) is 3.13. The summed E-state index contributed by atoms with van der Waals surface area (Å²) >= 11 is 0. The number of rotatable bonds is 5. The molecule has 1 rings (SSSR count). The minimum Gasteiger partial charge on any atom is -0.504 e. The molecular weight excluding hydrogens is 240 g/mol. The van der Waals surface area contributed by atoms with Crippen LogP contribution in [0.1, 0.15) is 5.56 Å². The number of carbonyl (C=O) groups excluding carboxylic acids is 1. The molecule has 0 aliphatic heterocycles. The molecule has 1 amide bonds. The number of phenolic OH excluding ortho intramolecular Hbond substituents is 1. The van der Waals surface area contributed by atoms with Crippen LogP contribution in [0.3, 0.4) is 0 Å². The molecule has 1 aromatic rings. The average Bonchev–Trinajstić information content (AvgIpc) is 2.38. The number of nitrogens with one attached hydrogen (secondary N) is 1.